The number of allylic oxidation sites excluding steroid dienone is 4. The van der Waals surface area contributed by atoms with Gasteiger partial charge in [0, 0.05) is 71.6 Å². The van der Waals surface area contributed by atoms with Crippen LogP contribution in [-0.2, 0) is 27.0 Å². The lowest BCUT2D eigenvalue weighted by molar-refractivity contribution is -0.401. The first kappa shape index (κ1) is 42.2. The molecule has 0 bridgehead atoms. The van der Waals surface area contributed by atoms with Crippen LogP contribution in [0.4, 0.5) is 17.1 Å². The zero-order valence-electron chi connectivity index (χ0n) is 34.8. The van der Waals surface area contributed by atoms with E-state index in [-0.39, 0.29) is 35.1 Å². The molecule has 58 heavy (non-hydrogen) atoms. The summed E-state index contributed by atoms with van der Waals surface area (Å²) in [6.07, 6.45) is 13.2. The van der Waals surface area contributed by atoms with Gasteiger partial charge in [-0.1, -0.05) is 111 Å². The van der Waals surface area contributed by atoms with Gasteiger partial charge < -0.3 is 27.5 Å². The third kappa shape index (κ3) is 8.86. The minimum Gasteiger partial charge on any atom is -1.00 e. The van der Waals surface area contributed by atoms with E-state index in [1.807, 2.05) is 47.4 Å². The number of unbranched alkanes of at least 4 members (excludes halogenated alkanes) is 4. The van der Waals surface area contributed by atoms with Gasteiger partial charge in [-0.3, -0.25) is 9.59 Å². The van der Waals surface area contributed by atoms with E-state index in [1.54, 1.807) is 0 Å². The largest absolute Gasteiger partial charge is 1.00 e. The molecule has 0 fully saturated rings. The Morgan fingerprint density at radius 2 is 1.36 bits per heavy atom. The Balaban J connectivity index is 0.00000567. The van der Waals surface area contributed by atoms with Crippen LogP contribution in [0.25, 0.3) is 0 Å². The van der Waals surface area contributed by atoms with E-state index in [0.717, 1.165) is 67.4 Å². The Bertz CT molecular complexity index is 2310. The average Bonchev–Trinajstić information content (AvgIpc) is 3.54. The molecule has 3 heterocycles. The second kappa shape index (κ2) is 18.5. The monoisotopic (exact) mass is 792 g/mol. The van der Waals surface area contributed by atoms with Gasteiger partial charge in [0.1, 0.15) is 7.05 Å². The molecule has 300 valence electrons. The van der Waals surface area contributed by atoms with Crippen LogP contribution in [-0.4, -0.2) is 42.2 Å². The van der Waals surface area contributed by atoms with Crippen LogP contribution in [0.5, 0.6) is 0 Å². The molecule has 6 nitrogen and oxygen atoms in total. The molecule has 2 amide bonds. The van der Waals surface area contributed by atoms with Crippen molar-refractivity contribution in [2.75, 3.05) is 29.9 Å². The minimum atomic E-state index is -0.113. The summed E-state index contributed by atoms with van der Waals surface area (Å²) in [4.78, 5) is 30.6. The number of nitrogens with one attached hydrogen (secondary N) is 1. The average molecular weight is 793 g/mol. The highest BCUT2D eigenvalue weighted by Crippen LogP contribution is 2.48. The molecule has 0 radical (unpaired) electrons. The normalized spacial score (nSPS) is 16.4. The van der Waals surface area contributed by atoms with E-state index in [2.05, 4.69) is 134 Å². The van der Waals surface area contributed by atoms with Crippen molar-refractivity contribution in [1.82, 2.24) is 5.32 Å². The molecule has 7 heteroatoms. The van der Waals surface area contributed by atoms with Gasteiger partial charge in [-0.05, 0) is 81.0 Å². The maximum Gasteiger partial charge on any atom is 0.227 e. The summed E-state index contributed by atoms with van der Waals surface area (Å²) in [6.45, 7) is 11.3. The summed E-state index contributed by atoms with van der Waals surface area (Å²) in [7, 11) is 2.17. The Kier molecular flexibility index (Phi) is 13.5. The van der Waals surface area contributed by atoms with Crippen molar-refractivity contribution in [3.63, 3.8) is 0 Å². The van der Waals surface area contributed by atoms with Crippen LogP contribution in [0.15, 0.2) is 121 Å². The number of hydrogen-bond donors (Lipinski definition) is 1. The van der Waals surface area contributed by atoms with Crippen molar-refractivity contribution in [2.45, 2.75) is 96.4 Å². The highest BCUT2D eigenvalue weighted by molar-refractivity contribution is 6.03. The van der Waals surface area contributed by atoms with Gasteiger partial charge in [-0.25, -0.2) is 0 Å². The van der Waals surface area contributed by atoms with Crippen molar-refractivity contribution < 1.29 is 26.6 Å². The fourth-order valence-corrected chi connectivity index (χ4v) is 8.88. The molecule has 0 spiro atoms. The fraction of sp³-hybridized carbons (Fsp3) is 0.353. The maximum atomic E-state index is 13.5. The van der Waals surface area contributed by atoms with E-state index in [9.17, 15) is 9.59 Å². The van der Waals surface area contributed by atoms with Gasteiger partial charge in [-0.2, -0.15) is 4.58 Å². The summed E-state index contributed by atoms with van der Waals surface area (Å²) >= 11 is 0. The number of para-hydroxylation sites is 3. The van der Waals surface area contributed by atoms with Gasteiger partial charge in [0.15, 0.2) is 5.71 Å². The van der Waals surface area contributed by atoms with Gasteiger partial charge in [0.05, 0.1) is 17.6 Å². The summed E-state index contributed by atoms with van der Waals surface area (Å²) in [5, 5.41) is 3.12. The fourth-order valence-electron chi connectivity index (χ4n) is 8.88. The highest BCUT2D eigenvalue weighted by atomic mass is 35.5. The number of rotatable bonds is 14. The van der Waals surface area contributed by atoms with Crippen LogP contribution >= 0.6 is 0 Å². The van der Waals surface area contributed by atoms with Crippen LogP contribution in [0, 0.1) is 11.8 Å². The summed E-state index contributed by atoms with van der Waals surface area (Å²) in [6, 6.07) is 33.4. The van der Waals surface area contributed by atoms with Crippen molar-refractivity contribution >= 4 is 34.6 Å². The predicted octanol–water partition coefficient (Wildman–Crippen LogP) is 7.12. The minimum absolute atomic E-state index is 0. The number of hydrogen-bond acceptors (Lipinski definition) is 3. The lowest BCUT2D eigenvalue weighted by Crippen LogP contribution is -3.00. The summed E-state index contributed by atoms with van der Waals surface area (Å²) in [5.74, 6) is 6.77. The van der Waals surface area contributed by atoms with Crippen molar-refractivity contribution in [3.8, 4) is 11.8 Å². The predicted molar refractivity (Wildman–Crippen MR) is 234 cm³/mol. The highest BCUT2D eigenvalue weighted by Gasteiger charge is 2.43. The van der Waals surface area contributed by atoms with Crippen LogP contribution in [0.1, 0.15) is 107 Å². The van der Waals surface area contributed by atoms with Crippen molar-refractivity contribution in [3.05, 3.63) is 149 Å². The number of benzene rings is 4. The SMILES string of the molecule is C[N+]1=C(C=CC=C2N(CCCCCC(=O)NCCCCCC(=O)N3Cc4ccccc4C#Cc4ccccc43)c3ccccc3C2(C)C)C(C)(C)c2ccccc21.[Cl-]. The molecule has 0 aromatic heterocycles. The Hall–Kier alpha value is -5.38. The Morgan fingerprint density at radius 3 is 2.16 bits per heavy atom. The van der Waals surface area contributed by atoms with Gasteiger partial charge in [0.2, 0.25) is 17.5 Å². The first-order valence-corrected chi connectivity index (χ1v) is 20.8. The number of halogens is 1. The number of nitrogens with zero attached hydrogens (tertiary/aromatic N) is 3. The number of fused-ring (bicyclic) bond motifs is 4. The standard InChI is InChI=1S/C51H56N4O2.ClH/c1-50(2)41-24-13-16-27-44(41)53(5)46(50)29-20-30-47-51(3,4)42-25-14-17-28-45(42)54(47)36-19-7-8-31-48(56)52-35-18-6-9-32-49(57)55-37-40-23-11-10-21-38(40)33-34-39-22-12-15-26-43(39)55;/h10-17,20-30H,6-9,18-19,31-32,35-37H2,1-5H3;1H. The smallest absolute Gasteiger partial charge is 0.227 e. The molecule has 0 saturated heterocycles. The molecule has 0 atom stereocenters. The zero-order valence-corrected chi connectivity index (χ0v) is 35.5. The lowest BCUT2D eigenvalue weighted by Gasteiger charge is -2.27. The van der Waals surface area contributed by atoms with E-state index < -0.39 is 0 Å². The van der Waals surface area contributed by atoms with Crippen molar-refractivity contribution in [1.29, 1.82) is 0 Å². The molecule has 4 aromatic carbocycles. The van der Waals surface area contributed by atoms with Gasteiger partial charge in [-0.15, -0.1) is 0 Å². The molecule has 4 aromatic rings. The molecule has 3 aliphatic rings. The van der Waals surface area contributed by atoms with Gasteiger partial charge in [0.25, 0.3) is 0 Å². The van der Waals surface area contributed by atoms with E-state index in [4.69, 9.17) is 0 Å². The number of carbonyl (C=O) groups is 2. The molecule has 0 aliphatic carbocycles. The van der Waals surface area contributed by atoms with Crippen molar-refractivity contribution in [2.24, 2.45) is 0 Å². The molecule has 1 N–H and O–H groups in total. The molecule has 3 aliphatic heterocycles. The van der Waals surface area contributed by atoms with E-state index in [0.29, 0.717) is 25.9 Å². The number of carbonyl (C=O) groups excluding carboxylic acids is 2. The molecular weight excluding hydrogens is 736 g/mol. The summed E-state index contributed by atoms with van der Waals surface area (Å²) < 4.78 is 2.32. The Labute approximate surface area is 352 Å². The van der Waals surface area contributed by atoms with Crippen LogP contribution in [0.2, 0.25) is 0 Å². The lowest BCUT2D eigenvalue weighted by atomic mass is 9.81. The number of anilines is 2. The first-order chi connectivity index (χ1) is 27.6. The molecule has 0 saturated carbocycles. The second-order valence-corrected chi connectivity index (χ2v) is 16.7. The topological polar surface area (TPSA) is 55.7 Å². The molecular formula is C51H57ClN4O2. The van der Waals surface area contributed by atoms with Crippen LogP contribution in [0.3, 0.4) is 0 Å². The quantitative estimate of drug-likeness (QED) is 0.0842. The maximum absolute atomic E-state index is 13.5. The third-order valence-corrected chi connectivity index (χ3v) is 12.1. The zero-order chi connectivity index (χ0) is 40.0. The molecule has 7 rings (SSSR count). The van der Waals surface area contributed by atoms with E-state index >= 15 is 0 Å². The second-order valence-electron chi connectivity index (χ2n) is 16.7. The third-order valence-electron chi connectivity index (χ3n) is 12.1. The first-order valence-electron chi connectivity index (χ1n) is 20.8. The molecule has 0 unspecified atom stereocenters. The number of amides is 2. The van der Waals surface area contributed by atoms with E-state index in [1.165, 1.54) is 33.9 Å². The van der Waals surface area contributed by atoms with Gasteiger partial charge >= 0.3 is 0 Å². The summed E-state index contributed by atoms with van der Waals surface area (Å²) in [5.41, 5.74) is 11.5. The van der Waals surface area contributed by atoms with Crippen LogP contribution < -0.4 is 27.5 Å². The Morgan fingerprint density at radius 1 is 0.724 bits per heavy atom.